The van der Waals surface area contributed by atoms with Gasteiger partial charge in [-0.05, 0) is 17.5 Å². The maximum absolute atomic E-state index is 12.2. The van der Waals surface area contributed by atoms with Gasteiger partial charge in [0, 0.05) is 32.7 Å². The van der Waals surface area contributed by atoms with Gasteiger partial charge in [-0.1, -0.05) is 24.3 Å². The van der Waals surface area contributed by atoms with Gasteiger partial charge in [0.15, 0.2) is 0 Å². The maximum Gasteiger partial charge on any atom is 0.320 e. The van der Waals surface area contributed by atoms with Crippen LogP contribution in [0.15, 0.2) is 24.3 Å². The molecule has 0 unspecified atom stereocenters. The van der Waals surface area contributed by atoms with Crippen molar-refractivity contribution in [2.24, 2.45) is 5.73 Å². The van der Waals surface area contributed by atoms with Gasteiger partial charge in [-0.2, -0.15) is 0 Å². The molecule has 0 saturated carbocycles. The molecule has 1 aliphatic rings. The summed E-state index contributed by atoms with van der Waals surface area (Å²) in [5.41, 5.74) is 7.23. The van der Waals surface area contributed by atoms with Crippen LogP contribution in [0.25, 0.3) is 0 Å². The van der Waals surface area contributed by atoms with Gasteiger partial charge in [0.05, 0.1) is 6.54 Å². The van der Waals surface area contributed by atoms with Crippen LogP contribution in [-0.2, 0) is 22.6 Å². The zero-order valence-electron chi connectivity index (χ0n) is 14.4. The second-order valence-electron chi connectivity index (χ2n) is 6.28. The van der Waals surface area contributed by atoms with E-state index in [0.29, 0.717) is 32.7 Å². The van der Waals surface area contributed by atoms with E-state index in [-0.39, 0.29) is 19.0 Å². The number of carboxylic acid groups (broad SMARTS) is 2. The summed E-state index contributed by atoms with van der Waals surface area (Å²) in [6.45, 7) is 2.42. The van der Waals surface area contributed by atoms with Crippen LogP contribution in [-0.4, -0.2) is 76.7 Å². The van der Waals surface area contributed by atoms with E-state index in [9.17, 15) is 14.4 Å². The minimum Gasteiger partial charge on any atom is -0.480 e. The molecule has 142 valence electrons. The fourth-order valence-corrected chi connectivity index (χ4v) is 2.72. The number of amides is 2. The monoisotopic (exact) mass is 364 g/mol. The summed E-state index contributed by atoms with van der Waals surface area (Å²) in [7, 11) is 0. The van der Waals surface area contributed by atoms with E-state index in [1.165, 1.54) is 0 Å². The molecule has 0 spiro atoms. The second kappa shape index (κ2) is 9.16. The Morgan fingerprint density at radius 2 is 1.62 bits per heavy atom. The highest BCUT2D eigenvalue weighted by Crippen LogP contribution is 2.07. The summed E-state index contributed by atoms with van der Waals surface area (Å²) in [5.74, 6) is -1.90. The van der Waals surface area contributed by atoms with E-state index in [4.69, 9.17) is 15.9 Å². The van der Waals surface area contributed by atoms with Gasteiger partial charge in [-0.25, -0.2) is 4.79 Å². The SMILES string of the molecule is N[C@H](Cc1ccc(CNC(=O)N2CCN(CC(=O)O)CC2)cc1)C(=O)O. The van der Waals surface area contributed by atoms with Crippen molar-refractivity contribution in [3.05, 3.63) is 35.4 Å². The lowest BCUT2D eigenvalue weighted by molar-refractivity contribution is -0.139. The number of nitrogens with zero attached hydrogens (tertiary/aromatic N) is 2. The normalized spacial score (nSPS) is 16.1. The molecule has 0 aliphatic carbocycles. The molecule has 1 aromatic carbocycles. The van der Waals surface area contributed by atoms with E-state index >= 15 is 0 Å². The Morgan fingerprint density at radius 3 is 2.15 bits per heavy atom. The molecule has 1 atom stereocenters. The number of hydrogen-bond donors (Lipinski definition) is 4. The summed E-state index contributed by atoms with van der Waals surface area (Å²) in [4.78, 5) is 37.1. The number of nitrogens with one attached hydrogen (secondary N) is 1. The van der Waals surface area contributed by atoms with Gasteiger partial charge in [0.1, 0.15) is 6.04 Å². The van der Waals surface area contributed by atoms with Crippen molar-refractivity contribution in [1.29, 1.82) is 0 Å². The largest absolute Gasteiger partial charge is 0.480 e. The average Bonchev–Trinajstić information content (AvgIpc) is 2.61. The number of rotatable bonds is 7. The third-order valence-corrected chi connectivity index (χ3v) is 4.26. The lowest BCUT2D eigenvalue weighted by atomic mass is 10.0. The van der Waals surface area contributed by atoms with Gasteiger partial charge in [-0.15, -0.1) is 0 Å². The Kier molecular flexibility index (Phi) is 6.93. The zero-order valence-corrected chi connectivity index (χ0v) is 14.4. The van der Waals surface area contributed by atoms with E-state index in [1.807, 2.05) is 12.1 Å². The van der Waals surface area contributed by atoms with Crippen LogP contribution < -0.4 is 11.1 Å². The first-order chi connectivity index (χ1) is 12.3. The Morgan fingerprint density at radius 1 is 1.04 bits per heavy atom. The highest BCUT2D eigenvalue weighted by molar-refractivity contribution is 5.74. The van der Waals surface area contributed by atoms with Crippen LogP contribution in [0.4, 0.5) is 4.79 Å². The number of carbonyl (C=O) groups is 3. The van der Waals surface area contributed by atoms with Crippen molar-refractivity contribution in [2.75, 3.05) is 32.7 Å². The van der Waals surface area contributed by atoms with E-state index in [2.05, 4.69) is 5.32 Å². The Balaban J connectivity index is 1.75. The zero-order chi connectivity index (χ0) is 19.1. The molecular weight excluding hydrogens is 340 g/mol. The van der Waals surface area contributed by atoms with Gasteiger partial charge in [0.2, 0.25) is 0 Å². The van der Waals surface area contributed by atoms with Crippen molar-refractivity contribution >= 4 is 18.0 Å². The summed E-state index contributed by atoms with van der Waals surface area (Å²) < 4.78 is 0. The van der Waals surface area contributed by atoms with Crippen molar-refractivity contribution in [1.82, 2.24) is 15.1 Å². The van der Waals surface area contributed by atoms with E-state index < -0.39 is 18.0 Å². The number of carbonyl (C=O) groups excluding carboxylic acids is 1. The fraction of sp³-hybridized carbons (Fsp3) is 0.471. The Hall–Kier alpha value is -2.65. The molecule has 9 heteroatoms. The fourth-order valence-electron chi connectivity index (χ4n) is 2.72. The van der Waals surface area contributed by atoms with Crippen molar-refractivity contribution in [2.45, 2.75) is 19.0 Å². The standard InChI is InChI=1S/C17H24N4O5/c18-14(16(24)25)9-12-1-3-13(4-2-12)10-19-17(26)21-7-5-20(6-8-21)11-15(22)23/h1-4,14H,5-11,18H2,(H,19,26)(H,22,23)(H,24,25)/t14-/m1/s1. The number of urea groups is 1. The predicted molar refractivity (Wildman–Crippen MR) is 93.6 cm³/mol. The molecule has 1 aromatic rings. The molecule has 9 nitrogen and oxygen atoms in total. The molecule has 26 heavy (non-hydrogen) atoms. The molecule has 1 aliphatic heterocycles. The summed E-state index contributed by atoms with van der Waals surface area (Å²) in [5, 5.41) is 20.4. The molecule has 1 fully saturated rings. The number of aliphatic carboxylic acids is 2. The molecule has 0 radical (unpaired) electrons. The molecule has 5 N–H and O–H groups in total. The third kappa shape index (κ3) is 6.01. The minimum atomic E-state index is -1.04. The highest BCUT2D eigenvalue weighted by Gasteiger charge is 2.22. The maximum atomic E-state index is 12.2. The van der Waals surface area contributed by atoms with Crippen molar-refractivity contribution in [3.63, 3.8) is 0 Å². The first-order valence-corrected chi connectivity index (χ1v) is 8.38. The Bertz CT molecular complexity index is 641. The van der Waals surface area contributed by atoms with Crippen LogP contribution in [0.2, 0.25) is 0 Å². The molecule has 2 rings (SSSR count). The van der Waals surface area contributed by atoms with Crippen LogP contribution in [0.5, 0.6) is 0 Å². The van der Waals surface area contributed by atoms with Crippen molar-refractivity contribution < 1.29 is 24.6 Å². The van der Waals surface area contributed by atoms with Crippen LogP contribution in [0, 0.1) is 0 Å². The summed E-state index contributed by atoms with van der Waals surface area (Å²) in [6.07, 6.45) is 0.253. The van der Waals surface area contributed by atoms with Gasteiger partial charge >= 0.3 is 18.0 Å². The first-order valence-electron chi connectivity index (χ1n) is 8.38. The van der Waals surface area contributed by atoms with E-state index in [0.717, 1.165) is 11.1 Å². The number of nitrogens with two attached hydrogens (primary N) is 1. The molecule has 1 saturated heterocycles. The number of carboxylic acids is 2. The lowest BCUT2D eigenvalue weighted by Gasteiger charge is -2.33. The molecule has 2 amide bonds. The number of hydrogen-bond acceptors (Lipinski definition) is 5. The molecule has 1 heterocycles. The molecular formula is C17H24N4O5. The summed E-state index contributed by atoms with van der Waals surface area (Å²) >= 11 is 0. The topological polar surface area (TPSA) is 136 Å². The predicted octanol–water partition coefficient (Wildman–Crippen LogP) is -0.447. The minimum absolute atomic E-state index is 0.00660. The van der Waals surface area contributed by atoms with Gasteiger partial charge in [-0.3, -0.25) is 14.5 Å². The van der Waals surface area contributed by atoms with Crippen molar-refractivity contribution in [3.8, 4) is 0 Å². The van der Waals surface area contributed by atoms with Crippen LogP contribution in [0.3, 0.4) is 0 Å². The van der Waals surface area contributed by atoms with Gasteiger partial charge in [0.25, 0.3) is 0 Å². The smallest absolute Gasteiger partial charge is 0.320 e. The molecule has 0 bridgehead atoms. The van der Waals surface area contributed by atoms with Crippen LogP contribution in [0.1, 0.15) is 11.1 Å². The highest BCUT2D eigenvalue weighted by atomic mass is 16.4. The second-order valence-corrected chi connectivity index (χ2v) is 6.28. The quantitative estimate of drug-likeness (QED) is 0.514. The molecule has 0 aromatic heterocycles. The summed E-state index contributed by atoms with van der Waals surface area (Å²) in [6, 6.07) is 6.14. The van der Waals surface area contributed by atoms with Crippen LogP contribution >= 0.6 is 0 Å². The van der Waals surface area contributed by atoms with Gasteiger partial charge < -0.3 is 26.2 Å². The lowest BCUT2D eigenvalue weighted by Crippen LogP contribution is -2.52. The average molecular weight is 364 g/mol. The van der Waals surface area contributed by atoms with E-state index in [1.54, 1.807) is 21.9 Å². The first kappa shape index (κ1) is 19.7. The Labute approximate surface area is 151 Å². The number of piperazine rings is 1. The number of benzene rings is 1. The third-order valence-electron chi connectivity index (χ3n) is 4.26.